The van der Waals surface area contributed by atoms with Gasteiger partial charge in [-0.3, -0.25) is 0 Å². The maximum absolute atomic E-state index is 11.1. The minimum absolute atomic E-state index is 0.217. The third-order valence-corrected chi connectivity index (χ3v) is 15.2. The van der Waals surface area contributed by atoms with E-state index >= 15 is 0 Å². The Morgan fingerprint density at radius 2 is 1.14 bits per heavy atom. The van der Waals surface area contributed by atoms with Gasteiger partial charge in [-0.1, -0.05) is 0 Å². The number of carbonyl (C=O) groups is 1. The number of hydrogen-bond acceptors (Lipinski definition) is 2. The molecule has 4 heteroatoms. The molecule has 3 aromatic rings. The maximum atomic E-state index is 11.1. The van der Waals surface area contributed by atoms with E-state index in [-0.39, 0.29) is 5.97 Å². The summed E-state index contributed by atoms with van der Waals surface area (Å²) < 4.78 is 5.17. The van der Waals surface area contributed by atoms with E-state index in [2.05, 4.69) is 106 Å². The van der Waals surface area contributed by atoms with Gasteiger partial charge in [0.25, 0.3) is 0 Å². The number of carbonyl (C=O) groups excluding carboxylic acids is 1. The van der Waals surface area contributed by atoms with Gasteiger partial charge in [-0.2, -0.15) is 0 Å². The average Bonchev–Trinajstić information content (AvgIpc) is 2.75. The van der Waals surface area contributed by atoms with Crippen LogP contribution in [-0.2, 0) is 9.53 Å². The first-order valence-corrected chi connectivity index (χ1v) is 14.0. The predicted octanol–water partition coefficient (Wildman–Crippen LogP) is 5.17. The molecule has 146 valence electrons. The van der Waals surface area contributed by atoms with Crippen molar-refractivity contribution in [3.63, 3.8) is 0 Å². The zero-order valence-electron chi connectivity index (χ0n) is 16.1. The van der Waals surface area contributed by atoms with E-state index in [1.54, 1.807) is 0 Å². The Morgan fingerprint density at radius 3 is 1.50 bits per heavy atom. The molecule has 0 N–H and O–H groups in total. The second kappa shape index (κ2) is 9.03. The van der Waals surface area contributed by atoms with Gasteiger partial charge in [-0.15, -0.1) is 0 Å². The summed E-state index contributed by atoms with van der Waals surface area (Å²) in [6.45, 7) is 1.93. The molecule has 0 aliphatic rings. The van der Waals surface area contributed by atoms with Crippen molar-refractivity contribution in [2.45, 2.75) is 19.8 Å². The molecule has 3 aromatic carbocycles. The van der Waals surface area contributed by atoms with E-state index < -0.39 is 5.31 Å². The fourth-order valence-corrected chi connectivity index (χ4v) is 11.5. The second-order valence-corrected chi connectivity index (χ2v) is 16.0. The van der Waals surface area contributed by atoms with Crippen molar-refractivity contribution in [2.24, 2.45) is 0 Å². The normalized spacial score (nSPS) is 12.7. The van der Waals surface area contributed by atoms with Crippen LogP contribution in [0.3, 0.4) is 0 Å². The van der Waals surface area contributed by atoms with E-state index in [0.29, 0.717) is 6.61 Å². The summed E-state index contributed by atoms with van der Waals surface area (Å²) in [6.07, 6.45) is 2.76. The van der Waals surface area contributed by atoms with Crippen LogP contribution in [0.15, 0.2) is 91.0 Å². The molecule has 0 amide bonds. The molecular weight excluding hydrogens is 431 g/mol. The van der Waals surface area contributed by atoms with E-state index in [4.69, 9.17) is 4.74 Å². The van der Waals surface area contributed by atoms with Crippen LogP contribution >= 0.6 is 20.8 Å². The van der Waals surface area contributed by atoms with Crippen LogP contribution in [0.1, 0.15) is 19.8 Å². The summed E-state index contributed by atoms with van der Waals surface area (Å²) in [5.74, 6) is -0.217. The molecule has 0 radical (unpaired) electrons. The number of ether oxygens (including phenoxy) is 1. The molecule has 0 aromatic heterocycles. The predicted molar refractivity (Wildman–Crippen MR) is 125 cm³/mol. The molecule has 0 saturated carbocycles. The Bertz CT molecular complexity index is 798. The summed E-state index contributed by atoms with van der Waals surface area (Å²) in [4.78, 5) is 11.1. The fourth-order valence-electron chi connectivity index (χ4n) is 3.78. The van der Waals surface area contributed by atoms with Gasteiger partial charge < -0.3 is 0 Å². The SMILES string of the molecule is CC(=O)OCCCCP(Br)(c1ccccc1)(c1ccccc1)c1ccccc1. The van der Waals surface area contributed by atoms with Gasteiger partial charge in [0.1, 0.15) is 0 Å². The zero-order valence-corrected chi connectivity index (χ0v) is 18.6. The topological polar surface area (TPSA) is 26.3 Å². The molecule has 0 fully saturated rings. The van der Waals surface area contributed by atoms with Gasteiger partial charge in [-0.05, 0) is 0 Å². The van der Waals surface area contributed by atoms with Crippen LogP contribution in [0.2, 0.25) is 0 Å². The Kier molecular flexibility index (Phi) is 6.69. The third kappa shape index (κ3) is 4.06. The van der Waals surface area contributed by atoms with Crippen molar-refractivity contribution in [3.05, 3.63) is 91.0 Å². The molecule has 0 unspecified atom stereocenters. The van der Waals surface area contributed by atoms with Gasteiger partial charge in [0.15, 0.2) is 0 Å². The van der Waals surface area contributed by atoms with Crippen molar-refractivity contribution in [1.82, 2.24) is 0 Å². The number of rotatable bonds is 8. The van der Waals surface area contributed by atoms with Crippen LogP contribution in [0.4, 0.5) is 0 Å². The molecule has 0 atom stereocenters. The first-order chi connectivity index (χ1) is 13.6. The van der Waals surface area contributed by atoms with E-state index in [9.17, 15) is 4.79 Å². The molecule has 0 aliphatic carbocycles. The number of unbranched alkanes of at least 4 members (excludes halogenated alkanes) is 1. The molecule has 0 bridgehead atoms. The molecule has 0 heterocycles. The quantitative estimate of drug-likeness (QED) is 0.265. The van der Waals surface area contributed by atoms with E-state index in [1.807, 2.05) is 0 Å². The molecule has 0 aliphatic heterocycles. The standard InChI is InChI=1S/C24H26BrO2P/c1-21(26)27-19-11-12-20-28(25,22-13-5-2-6-14-22,23-15-7-3-8-16-23)24-17-9-4-10-18-24/h2-10,13-18H,11-12,19-20H2,1H3. The summed E-state index contributed by atoms with van der Waals surface area (Å²) in [6, 6.07) is 32.3. The van der Waals surface area contributed by atoms with Crippen LogP contribution in [-0.4, -0.2) is 18.7 Å². The summed E-state index contributed by atoms with van der Waals surface area (Å²) >= 11 is 4.42. The van der Waals surface area contributed by atoms with Crippen LogP contribution < -0.4 is 15.9 Å². The van der Waals surface area contributed by atoms with Gasteiger partial charge in [0.2, 0.25) is 0 Å². The molecule has 0 saturated heterocycles. The zero-order chi connectivity index (χ0) is 19.9. The molecule has 0 spiro atoms. The number of halogens is 1. The van der Waals surface area contributed by atoms with Gasteiger partial charge in [0, 0.05) is 0 Å². The Hall–Kier alpha value is -1.96. The monoisotopic (exact) mass is 456 g/mol. The van der Waals surface area contributed by atoms with Crippen molar-refractivity contribution >= 4 is 42.7 Å². The van der Waals surface area contributed by atoms with Gasteiger partial charge in [-0.25, -0.2) is 0 Å². The van der Waals surface area contributed by atoms with Crippen molar-refractivity contribution < 1.29 is 9.53 Å². The number of benzene rings is 3. The molecule has 2 nitrogen and oxygen atoms in total. The summed E-state index contributed by atoms with van der Waals surface area (Å²) in [7, 11) is 0. The van der Waals surface area contributed by atoms with Crippen LogP contribution in [0, 0.1) is 0 Å². The first kappa shape index (κ1) is 20.8. The molecule has 3 rings (SSSR count). The molecular formula is C24H26BrO2P. The molecule has 28 heavy (non-hydrogen) atoms. The van der Waals surface area contributed by atoms with Crippen LogP contribution in [0.25, 0.3) is 0 Å². The van der Waals surface area contributed by atoms with E-state index in [0.717, 1.165) is 19.0 Å². The van der Waals surface area contributed by atoms with E-state index in [1.165, 1.54) is 22.8 Å². The van der Waals surface area contributed by atoms with Crippen molar-refractivity contribution in [1.29, 1.82) is 0 Å². The summed E-state index contributed by atoms with van der Waals surface area (Å²) in [5.41, 5.74) is 0. The summed E-state index contributed by atoms with van der Waals surface area (Å²) in [5, 5.41) is 1.11. The average molecular weight is 457 g/mol. The van der Waals surface area contributed by atoms with Gasteiger partial charge in [0.05, 0.1) is 0 Å². The minimum atomic E-state index is -2.84. The van der Waals surface area contributed by atoms with Crippen molar-refractivity contribution in [2.75, 3.05) is 12.8 Å². The Balaban J connectivity index is 2.12. The number of esters is 1. The third-order valence-electron chi connectivity index (χ3n) is 5.16. The Labute approximate surface area is 175 Å². The van der Waals surface area contributed by atoms with Crippen LogP contribution in [0.5, 0.6) is 0 Å². The number of hydrogen-bond donors (Lipinski definition) is 0. The van der Waals surface area contributed by atoms with Gasteiger partial charge >= 0.3 is 176 Å². The first-order valence-electron chi connectivity index (χ1n) is 9.59. The Morgan fingerprint density at radius 1 is 0.750 bits per heavy atom. The second-order valence-electron chi connectivity index (χ2n) is 6.96. The van der Waals surface area contributed by atoms with Crippen molar-refractivity contribution in [3.8, 4) is 0 Å². The fraction of sp³-hybridized carbons (Fsp3) is 0.208.